The topological polar surface area (TPSA) is 81.9 Å². The number of benzene rings is 1. The van der Waals surface area contributed by atoms with Gasteiger partial charge in [0.2, 0.25) is 5.95 Å². The Morgan fingerprint density at radius 3 is 2.67 bits per heavy atom. The van der Waals surface area contributed by atoms with E-state index in [9.17, 15) is 18.0 Å². The molecule has 0 unspecified atom stereocenters. The third kappa shape index (κ3) is 4.04. The maximum atomic E-state index is 12.6. The average molecular weight is 417 g/mol. The maximum Gasteiger partial charge on any atom is 0.434 e. The summed E-state index contributed by atoms with van der Waals surface area (Å²) in [6.45, 7) is 3.53. The molecule has 0 aliphatic carbocycles. The Morgan fingerprint density at radius 1 is 1.20 bits per heavy atom. The van der Waals surface area contributed by atoms with Crippen LogP contribution in [0.3, 0.4) is 0 Å². The van der Waals surface area contributed by atoms with E-state index in [2.05, 4.69) is 20.3 Å². The zero-order chi connectivity index (χ0) is 21.3. The third-order valence-electron chi connectivity index (χ3n) is 4.97. The van der Waals surface area contributed by atoms with Gasteiger partial charge in [-0.2, -0.15) is 13.2 Å². The lowest BCUT2D eigenvalue weighted by atomic mass is 9.97. The smallest absolute Gasteiger partial charge is 0.434 e. The molecule has 0 radical (unpaired) electrons. The molecule has 3 aromatic rings. The van der Waals surface area contributed by atoms with E-state index in [1.165, 1.54) is 0 Å². The standard InChI is InChI=1S/C20H18F3N5O2/c1-12-14(2-3-15-16(12)10-30-18(15)29)4-5-24-6-13-7-25-19(26-8-13)28-9-17(27-11-28)20(21,22)23/h2-3,7-9,11,24H,4-6,10H2,1H3. The van der Waals surface area contributed by atoms with Gasteiger partial charge >= 0.3 is 12.1 Å². The summed E-state index contributed by atoms with van der Waals surface area (Å²) >= 11 is 0. The molecule has 0 spiro atoms. The lowest BCUT2D eigenvalue weighted by molar-refractivity contribution is -0.140. The summed E-state index contributed by atoms with van der Waals surface area (Å²) in [7, 11) is 0. The number of carbonyl (C=O) groups excluding carboxylic acids is 1. The lowest BCUT2D eigenvalue weighted by Gasteiger charge is -2.10. The number of fused-ring (bicyclic) bond motifs is 1. The Labute approximate surface area is 169 Å². The first-order valence-electron chi connectivity index (χ1n) is 9.24. The van der Waals surface area contributed by atoms with Gasteiger partial charge in [-0.25, -0.2) is 19.7 Å². The van der Waals surface area contributed by atoms with E-state index >= 15 is 0 Å². The molecule has 0 saturated heterocycles. The van der Waals surface area contributed by atoms with Crippen LogP contribution < -0.4 is 5.32 Å². The summed E-state index contributed by atoms with van der Waals surface area (Å²) in [5, 5.41) is 3.29. The van der Waals surface area contributed by atoms with Crippen LogP contribution >= 0.6 is 0 Å². The van der Waals surface area contributed by atoms with Crippen LogP contribution in [0.4, 0.5) is 13.2 Å². The highest BCUT2D eigenvalue weighted by Gasteiger charge is 2.33. The third-order valence-corrected chi connectivity index (χ3v) is 4.97. The van der Waals surface area contributed by atoms with Crippen LogP contribution in [-0.4, -0.2) is 32.0 Å². The van der Waals surface area contributed by atoms with E-state index in [4.69, 9.17) is 4.74 Å². The van der Waals surface area contributed by atoms with E-state index in [0.717, 1.165) is 45.8 Å². The predicted octanol–water partition coefficient (Wildman–Crippen LogP) is 2.99. The second-order valence-corrected chi connectivity index (χ2v) is 6.93. The summed E-state index contributed by atoms with van der Waals surface area (Å²) in [5.74, 6) is -0.154. The molecule has 7 nitrogen and oxygen atoms in total. The van der Waals surface area contributed by atoms with Crippen LogP contribution in [0.15, 0.2) is 37.1 Å². The number of cyclic esters (lactones) is 1. The number of alkyl halides is 3. The first-order valence-corrected chi connectivity index (χ1v) is 9.24. The van der Waals surface area contributed by atoms with Crippen LogP contribution in [0.5, 0.6) is 0 Å². The zero-order valence-electron chi connectivity index (χ0n) is 16.0. The van der Waals surface area contributed by atoms with Gasteiger partial charge in [0.15, 0.2) is 5.69 Å². The van der Waals surface area contributed by atoms with Gasteiger partial charge < -0.3 is 10.1 Å². The van der Waals surface area contributed by atoms with Crippen LogP contribution in [0, 0.1) is 6.92 Å². The number of hydrogen-bond acceptors (Lipinski definition) is 6. The van der Waals surface area contributed by atoms with E-state index in [0.29, 0.717) is 25.3 Å². The second kappa shape index (κ2) is 7.86. The first-order chi connectivity index (χ1) is 14.3. The Morgan fingerprint density at radius 2 is 1.97 bits per heavy atom. The Bertz CT molecular complexity index is 1080. The minimum absolute atomic E-state index is 0.118. The number of hydrogen-bond donors (Lipinski definition) is 1. The average Bonchev–Trinajstić information content (AvgIpc) is 3.35. The molecule has 3 heterocycles. The van der Waals surface area contributed by atoms with Crippen molar-refractivity contribution in [2.75, 3.05) is 6.54 Å². The number of halogens is 3. The van der Waals surface area contributed by atoms with Crippen molar-refractivity contribution in [2.24, 2.45) is 0 Å². The van der Waals surface area contributed by atoms with Crippen molar-refractivity contribution in [3.8, 4) is 5.95 Å². The molecule has 10 heteroatoms. The van der Waals surface area contributed by atoms with E-state index in [-0.39, 0.29) is 11.9 Å². The van der Waals surface area contributed by atoms with E-state index in [1.54, 1.807) is 18.5 Å². The molecule has 2 aromatic heterocycles. The molecule has 156 valence electrons. The predicted molar refractivity (Wildman–Crippen MR) is 99.9 cm³/mol. The van der Waals surface area contributed by atoms with Gasteiger partial charge in [0, 0.05) is 36.3 Å². The Hall–Kier alpha value is -3.27. The van der Waals surface area contributed by atoms with E-state index in [1.807, 2.05) is 13.0 Å². The number of nitrogens with one attached hydrogen (secondary N) is 1. The molecule has 30 heavy (non-hydrogen) atoms. The van der Waals surface area contributed by atoms with Gasteiger partial charge in [0.05, 0.1) is 5.56 Å². The number of esters is 1. The molecule has 0 atom stereocenters. The molecule has 0 fully saturated rings. The SMILES string of the molecule is Cc1c(CCNCc2cnc(-n3cnc(C(F)(F)F)c3)nc2)ccc2c1COC2=O. The van der Waals surface area contributed by atoms with Crippen molar-refractivity contribution in [2.45, 2.75) is 32.7 Å². The number of carbonyl (C=O) groups is 1. The quantitative estimate of drug-likeness (QED) is 0.491. The van der Waals surface area contributed by atoms with Gasteiger partial charge in [0.25, 0.3) is 0 Å². The highest BCUT2D eigenvalue weighted by atomic mass is 19.4. The monoisotopic (exact) mass is 417 g/mol. The highest BCUT2D eigenvalue weighted by molar-refractivity contribution is 5.93. The minimum Gasteiger partial charge on any atom is -0.457 e. The zero-order valence-corrected chi connectivity index (χ0v) is 16.0. The van der Waals surface area contributed by atoms with Gasteiger partial charge in [-0.3, -0.25) is 4.57 Å². The van der Waals surface area contributed by atoms with Crippen molar-refractivity contribution in [1.29, 1.82) is 0 Å². The number of ether oxygens (including phenoxy) is 1. The molecule has 0 bridgehead atoms. The summed E-state index contributed by atoms with van der Waals surface area (Å²) in [6, 6.07) is 3.75. The molecule has 0 amide bonds. The van der Waals surface area contributed by atoms with Crippen molar-refractivity contribution in [3.63, 3.8) is 0 Å². The van der Waals surface area contributed by atoms with Crippen LogP contribution in [-0.2, 0) is 30.5 Å². The second-order valence-electron chi connectivity index (χ2n) is 6.93. The van der Waals surface area contributed by atoms with Crippen molar-refractivity contribution in [3.05, 3.63) is 70.6 Å². The molecular formula is C20H18F3N5O2. The Balaban J connectivity index is 1.31. The molecule has 4 rings (SSSR count). The summed E-state index contributed by atoms with van der Waals surface area (Å²) in [4.78, 5) is 23.1. The fraction of sp³-hybridized carbons (Fsp3) is 0.300. The van der Waals surface area contributed by atoms with E-state index < -0.39 is 11.9 Å². The fourth-order valence-electron chi connectivity index (χ4n) is 3.28. The number of rotatable bonds is 6. The summed E-state index contributed by atoms with van der Waals surface area (Å²) in [6.07, 6.45) is 1.28. The van der Waals surface area contributed by atoms with Crippen LogP contribution in [0.1, 0.15) is 38.3 Å². The lowest BCUT2D eigenvalue weighted by Crippen LogP contribution is -2.18. The number of aromatic nitrogens is 4. The van der Waals surface area contributed by atoms with Gasteiger partial charge in [0.1, 0.15) is 12.9 Å². The molecule has 0 saturated carbocycles. The molecule has 1 aliphatic heterocycles. The van der Waals surface area contributed by atoms with Gasteiger partial charge in [-0.05, 0) is 37.1 Å². The Kier molecular flexibility index (Phi) is 5.25. The van der Waals surface area contributed by atoms with Crippen molar-refractivity contribution >= 4 is 5.97 Å². The fourth-order valence-corrected chi connectivity index (χ4v) is 3.28. The normalized spacial score (nSPS) is 13.4. The number of nitrogens with zero attached hydrogens (tertiary/aromatic N) is 4. The van der Waals surface area contributed by atoms with Gasteiger partial charge in [-0.15, -0.1) is 0 Å². The maximum absolute atomic E-state index is 12.6. The van der Waals surface area contributed by atoms with Crippen LogP contribution in [0.25, 0.3) is 5.95 Å². The molecule has 1 N–H and O–H groups in total. The van der Waals surface area contributed by atoms with Crippen molar-refractivity contribution < 1.29 is 22.7 Å². The van der Waals surface area contributed by atoms with Crippen LogP contribution in [0.2, 0.25) is 0 Å². The first kappa shape index (κ1) is 20.0. The highest BCUT2D eigenvalue weighted by Crippen LogP contribution is 2.28. The largest absolute Gasteiger partial charge is 0.457 e. The van der Waals surface area contributed by atoms with Gasteiger partial charge in [-0.1, -0.05) is 6.07 Å². The number of imidazole rings is 1. The molecule has 1 aromatic carbocycles. The minimum atomic E-state index is -4.51. The summed E-state index contributed by atoms with van der Waals surface area (Å²) < 4.78 is 44.1. The molecule has 1 aliphatic rings. The van der Waals surface area contributed by atoms with Crippen molar-refractivity contribution in [1.82, 2.24) is 24.8 Å². The summed E-state index contributed by atoms with van der Waals surface area (Å²) in [5.41, 5.74) is 3.63. The molecular weight excluding hydrogens is 399 g/mol.